The topological polar surface area (TPSA) is 51.4 Å². The van der Waals surface area contributed by atoms with Gasteiger partial charge in [-0.3, -0.25) is 0 Å². The van der Waals surface area contributed by atoms with Crippen LogP contribution >= 0.6 is 12.2 Å². The van der Waals surface area contributed by atoms with Crippen molar-refractivity contribution < 1.29 is 4.74 Å². The van der Waals surface area contributed by atoms with E-state index in [1.807, 2.05) is 26.0 Å². The first kappa shape index (κ1) is 14.2. The number of nitrogens with two attached hydrogens (primary N) is 1. The zero-order valence-electron chi connectivity index (χ0n) is 11.6. The van der Waals surface area contributed by atoms with Gasteiger partial charge in [0.1, 0.15) is 10.8 Å². The number of nitrogens with zero attached hydrogens (tertiary/aromatic N) is 2. The Labute approximate surface area is 120 Å². The Hall–Kier alpha value is -1.20. The largest absolute Gasteiger partial charge is 0.389 e. The van der Waals surface area contributed by atoms with Crippen molar-refractivity contribution in [1.29, 1.82) is 0 Å². The van der Waals surface area contributed by atoms with Gasteiger partial charge in [0.05, 0.1) is 6.10 Å². The first-order valence-electron chi connectivity index (χ1n) is 6.75. The van der Waals surface area contributed by atoms with Crippen molar-refractivity contribution in [1.82, 2.24) is 4.98 Å². The molecule has 0 saturated carbocycles. The summed E-state index contributed by atoms with van der Waals surface area (Å²) in [6.07, 6.45) is 2.48. The molecule has 104 valence electrons. The van der Waals surface area contributed by atoms with Gasteiger partial charge in [-0.05, 0) is 38.8 Å². The lowest BCUT2D eigenvalue weighted by Gasteiger charge is -2.32. The third-order valence-corrected chi connectivity index (χ3v) is 3.63. The molecule has 0 unspecified atom stereocenters. The van der Waals surface area contributed by atoms with E-state index < -0.39 is 0 Å². The predicted octanol–water partition coefficient (Wildman–Crippen LogP) is 2.03. The number of thiocarbonyl (C=S) groups is 1. The number of anilines is 1. The average Bonchev–Trinajstić information content (AvgIpc) is 2.39. The number of ether oxygens (including phenoxy) is 1. The molecule has 0 spiro atoms. The maximum Gasteiger partial charge on any atom is 0.129 e. The van der Waals surface area contributed by atoms with Crippen molar-refractivity contribution in [3.8, 4) is 0 Å². The van der Waals surface area contributed by atoms with E-state index in [2.05, 4.69) is 9.88 Å². The van der Waals surface area contributed by atoms with Crippen molar-refractivity contribution in [3.63, 3.8) is 0 Å². The lowest BCUT2D eigenvalue weighted by molar-refractivity contribution is 0.0458. The number of rotatable bonds is 4. The molecule has 2 rings (SSSR count). The molecule has 1 aliphatic heterocycles. The molecule has 1 aromatic heterocycles. The van der Waals surface area contributed by atoms with Crippen LogP contribution in [0.2, 0.25) is 0 Å². The van der Waals surface area contributed by atoms with E-state index in [4.69, 9.17) is 22.7 Å². The van der Waals surface area contributed by atoms with Gasteiger partial charge in [-0.2, -0.15) is 0 Å². The second kappa shape index (κ2) is 6.30. The Balaban J connectivity index is 2.09. The molecule has 0 radical (unpaired) electrons. The highest BCUT2D eigenvalue weighted by Crippen LogP contribution is 2.21. The second-order valence-corrected chi connectivity index (χ2v) is 5.30. The predicted molar refractivity (Wildman–Crippen MR) is 81.7 cm³/mol. The normalized spacial score (nSPS) is 16.6. The Kier molecular flexibility index (Phi) is 4.71. The van der Waals surface area contributed by atoms with Crippen molar-refractivity contribution in [3.05, 3.63) is 23.4 Å². The smallest absolute Gasteiger partial charge is 0.129 e. The van der Waals surface area contributed by atoms with Gasteiger partial charge in [-0.25, -0.2) is 4.98 Å². The van der Waals surface area contributed by atoms with Crippen LogP contribution in [0.4, 0.5) is 5.82 Å². The lowest BCUT2D eigenvalue weighted by Crippen LogP contribution is -2.37. The van der Waals surface area contributed by atoms with Gasteiger partial charge in [0, 0.05) is 31.0 Å². The molecule has 1 fully saturated rings. The Morgan fingerprint density at radius 2 is 2.16 bits per heavy atom. The van der Waals surface area contributed by atoms with Crippen LogP contribution in [0.25, 0.3) is 0 Å². The van der Waals surface area contributed by atoms with Crippen LogP contribution in [-0.2, 0) is 4.74 Å². The summed E-state index contributed by atoms with van der Waals surface area (Å²) < 4.78 is 5.66. The molecule has 4 nitrogen and oxygen atoms in total. The molecule has 0 aliphatic carbocycles. The Morgan fingerprint density at radius 3 is 2.74 bits per heavy atom. The Bertz CT molecular complexity index is 456. The minimum Gasteiger partial charge on any atom is -0.389 e. The van der Waals surface area contributed by atoms with Gasteiger partial charge >= 0.3 is 0 Å². The number of aromatic nitrogens is 1. The fourth-order valence-corrected chi connectivity index (χ4v) is 2.56. The van der Waals surface area contributed by atoms with Gasteiger partial charge in [-0.1, -0.05) is 12.2 Å². The number of hydrogen-bond donors (Lipinski definition) is 1. The highest BCUT2D eigenvalue weighted by Gasteiger charge is 2.20. The van der Waals surface area contributed by atoms with Gasteiger partial charge in [-0.15, -0.1) is 0 Å². The first-order chi connectivity index (χ1) is 9.10. The molecule has 0 bridgehead atoms. The summed E-state index contributed by atoms with van der Waals surface area (Å²) in [5.74, 6) is 0.970. The zero-order valence-corrected chi connectivity index (χ0v) is 12.4. The summed E-state index contributed by atoms with van der Waals surface area (Å²) in [5.41, 5.74) is 7.55. The summed E-state index contributed by atoms with van der Waals surface area (Å²) >= 11 is 5.05. The van der Waals surface area contributed by atoms with E-state index in [0.29, 0.717) is 11.1 Å². The standard InChI is InChI=1S/C14H21N3OS/c1-3-18-12-4-6-17(7-5-12)13-9-11(14(15)19)8-10(2)16-13/h8-9,12H,3-7H2,1-2H3,(H2,15,19). The van der Waals surface area contributed by atoms with Crippen molar-refractivity contribution in [2.45, 2.75) is 32.8 Å². The van der Waals surface area contributed by atoms with Crippen LogP contribution in [0.5, 0.6) is 0 Å². The summed E-state index contributed by atoms with van der Waals surface area (Å²) in [4.78, 5) is 7.29. The summed E-state index contributed by atoms with van der Waals surface area (Å²) in [6.45, 7) is 6.75. The molecule has 2 heterocycles. The number of piperidine rings is 1. The molecule has 2 N–H and O–H groups in total. The van der Waals surface area contributed by atoms with E-state index in [1.54, 1.807) is 0 Å². The molecular formula is C14H21N3OS. The maximum absolute atomic E-state index is 5.71. The third kappa shape index (κ3) is 3.64. The molecule has 0 amide bonds. The highest BCUT2D eigenvalue weighted by atomic mass is 32.1. The van der Waals surface area contributed by atoms with Crippen molar-refractivity contribution in [2.24, 2.45) is 5.73 Å². The van der Waals surface area contributed by atoms with Crippen LogP contribution in [0.3, 0.4) is 0 Å². The fraction of sp³-hybridized carbons (Fsp3) is 0.571. The molecule has 1 aromatic rings. The van der Waals surface area contributed by atoms with E-state index in [1.165, 1.54) is 0 Å². The van der Waals surface area contributed by atoms with Gasteiger partial charge in [0.15, 0.2) is 0 Å². The third-order valence-electron chi connectivity index (χ3n) is 3.39. The lowest BCUT2D eigenvalue weighted by atomic mass is 10.1. The molecule has 5 heteroatoms. The zero-order chi connectivity index (χ0) is 13.8. The van der Waals surface area contributed by atoms with Crippen molar-refractivity contribution in [2.75, 3.05) is 24.6 Å². The molecule has 0 atom stereocenters. The van der Waals surface area contributed by atoms with Crippen LogP contribution in [0.1, 0.15) is 31.0 Å². The molecule has 1 saturated heterocycles. The quantitative estimate of drug-likeness (QED) is 0.855. The molecule has 1 aliphatic rings. The number of hydrogen-bond acceptors (Lipinski definition) is 4. The number of pyridine rings is 1. The minimum atomic E-state index is 0.390. The Morgan fingerprint density at radius 1 is 1.47 bits per heavy atom. The minimum absolute atomic E-state index is 0.390. The summed E-state index contributed by atoms with van der Waals surface area (Å²) in [5, 5.41) is 0. The highest BCUT2D eigenvalue weighted by molar-refractivity contribution is 7.80. The van der Waals surface area contributed by atoms with Gasteiger partial charge in [0.25, 0.3) is 0 Å². The average molecular weight is 279 g/mol. The van der Waals surface area contributed by atoms with Crippen molar-refractivity contribution >= 4 is 23.0 Å². The molecule has 19 heavy (non-hydrogen) atoms. The first-order valence-corrected chi connectivity index (χ1v) is 7.16. The second-order valence-electron chi connectivity index (χ2n) is 4.86. The maximum atomic E-state index is 5.71. The monoisotopic (exact) mass is 279 g/mol. The number of aryl methyl sites for hydroxylation is 1. The summed E-state index contributed by atoms with van der Waals surface area (Å²) in [7, 11) is 0. The van der Waals surface area contributed by atoms with Crippen LogP contribution in [0.15, 0.2) is 12.1 Å². The van der Waals surface area contributed by atoms with Crippen LogP contribution in [-0.4, -0.2) is 35.8 Å². The molecule has 0 aromatic carbocycles. The fourth-order valence-electron chi connectivity index (χ4n) is 2.44. The SMILES string of the molecule is CCOC1CCN(c2cc(C(N)=S)cc(C)n2)CC1. The van der Waals surface area contributed by atoms with Gasteiger partial charge < -0.3 is 15.4 Å². The summed E-state index contributed by atoms with van der Waals surface area (Å²) in [6, 6.07) is 3.91. The van der Waals surface area contributed by atoms with E-state index >= 15 is 0 Å². The van der Waals surface area contributed by atoms with E-state index in [0.717, 1.165) is 49.6 Å². The molecular weight excluding hydrogens is 258 g/mol. The van der Waals surface area contributed by atoms with E-state index in [9.17, 15) is 0 Å². The van der Waals surface area contributed by atoms with Gasteiger partial charge in [0.2, 0.25) is 0 Å². The van der Waals surface area contributed by atoms with E-state index in [-0.39, 0.29) is 0 Å². The van der Waals surface area contributed by atoms with Crippen LogP contribution in [0, 0.1) is 6.92 Å². The van der Waals surface area contributed by atoms with Crippen LogP contribution < -0.4 is 10.6 Å².